The normalized spacial score (nSPS) is 9.85. The molecule has 70 valence electrons. The highest BCUT2D eigenvalue weighted by Crippen LogP contribution is 2.19. The van der Waals surface area contributed by atoms with Gasteiger partial charge in [0.05, 0.1) is 6.10 Å². The lowest BCUT2D eigenvalue weighted by Crippen LogP contribution is -2.06. The van der Waals surface area contributed by atoms with Gasteiger partial charge in [-0.05, 0) is 26.0 Å². The summed E-state index contributed by atoms with van der Waals surface area (Å²) in [6.07, 6.45) is 0.143. The minimum atomic E-state index is -0.314. The molecule has 0 saturated heterocycles. The Balaban J connectivity index is 2.67. The molecule has 1 aromatic carbocycles. The first-order chi connectivity index (χ1) is 6.22. The predicted octanol–water partition coefficient (Wildman–Crippen LogP) is 1.11. The molecule has 0 saturated carbocycles. The summed E-state index contributed by atoms with van der Waals surface area (Å²) in [7, 11) is -0.314. The van der Waals surface area contributed by atoms with Crippen LogP contribution in [0.1, 0.15) is 13.8 Å². The van der Waals surface area contributed by atoms with Gasteiger partial charge in [-0.3, -0.25) is 0 Å². The van der Waals surface area contributed by atoms with E-state index >= 15 is 0 Å². The smallest absolute Gasteiger partial charge is 0.504 e. The quantitative estimate of drug-likeness (QED) is 0.705. The zero-order valence-corrected chi connectivity index (χ0v) is 7.86. The van der Waals surface area contributed by atoms with E-state index < -0.39 is 0 Å². The van der Waals surface area contributed by atoms with E-state index in [0.717, 1.165) is 5.75 Å². The molecule has 0 unspecified atom stereocenters. The van der Waals surface area contributed by atoms with Crippen LogP contribution in [0.4, 0.5) is 0 Å². The molecule has 0 aliphatic heterocycles. The zero-order valence-electron chi connectivity index (χ0n) is 7.86. The largest absolute Gasteiger partial charge is 0.539 e. The lowest BCUT2D eigenvalue weighted by atomic mass is 10.3. The van der Waals surface area contributed by atoms with E-state index in [0.29, 0.717) is 5.75 Å². The van der Waals surface area contributed by atoms with E-state index in [1.807, 2.05) is 26.0 Å². The fourth-order valence-electron chi connectivity index (χ4n) is 0.984. The average molecular weight is 180 g/mol. The van der Waals surface area contributed by atoms with E-state index in [9.17, 15) is 0 Å². The number of hydrogen-bond acceptors (Lipinski definition) is 3. The summed E-state index contributed by atoms with van der Waals surface area (Å²) in [5.74, 6) is 1.36. The van der Waals surface area contributed by atoms with Gasteiger partial charge in [-0.15, -0.1) is 0 Å². The summed E-state index contributed by atoms with van der Waals surface area (Å²) < 4.78 is 10.3. The van der Waals surface area contributed by atoms with Crippen LogP contribution in [0.5, 0.6) is 11.5 Å². The summed E-state index contributed by atoms with van der Waals surface area (Å²) in [4.78, 5) is 0. The third-order valence-corrected chi connectivity index (χ3v) is 1.41. The van der Waals surface area contributed by atoms with Gasteiger partial charge in [0, 0.05) is 6.07 Å². The van der Waals surface area contributed by atoms with Crippen LogP contribution in [0, 0.1) is 0 Å². The maximum Gasteiger partial charge on any atom is 0.504 e. The van der Waals surface area contributed by atoms with Gasteiger partial charge in [-0.1, -0.05) is 6.07 Å². The Kier molecular flexibility index (Phi) is 3.64. The van der Waals surface area contributed by atoms with Gasteiger partial charge in [0.1, 0.15) is 11.5 Å². The second-order valence-electron chi connectivity index (χ2n) is 2.91. The molecule has 0 aromatic heterocycles. The second kappa shape index (κ2) is 4.77. The molecule has 0 radical (unpaired) electrons. The third-order valence-electron chi connectivity index (χ3n) is 1.41. The Labute approximate surface area is 78.6 Å². The van der Waals surface area contributed by atoms with Crippen molar-refractivity contribution >= 4 is 7.69 Å². The van der Waals surface area contributed by atoms with Crippen molar-refractivity contribution in [1.82, 2.24) is 0 Å². The average Bonchev–Trinajstić information content (AvgIpc) is 2.04. The SMILES string of the molecule is CC(C)Oc1cccc(OBO)c1. The molecule has 0 atom stereocenters. The van der Waals surface area contributed by atoms with Crippen LogP contribution in [-0.4, -0.2) is 18.8 Å². The van der Waals surface area contributed by atoms with Crippen molar-refractivity contribution in [3.8, 4) is 11.5 Å². The number of hydrogen-bond donors (Lipinski definition) is 1. The van der Waals surface area contributed by atoms with Gasteiger partial charge >= 0.3 is 7.69 Å². The summed E-state index contributed by atoms with van der Waals surface area (Å²) in [6.45, 7) is 3.92. The van der Waals surface area contributed by atoms with Crippen molar-refractivity contribution < 1.29 is 14.4 Å². The molecule has 1 N–H and O–H groups in total. The fourth-order valence-corrected chi connectivity index (χ4v) is 0.984. The van der Waals surface area contributed by atoms with E-state index in [1.165, 1.54) is 0 Å². The van der Waals surface area contributed by atoms with Crippen molar-refractivity contribution in [2.45, 2.75) is 20.0 Å². The standard InChI is InChI=1S/C9H13BO3/c1-7(2)12-8-4-3-5-9(6-8)13-10-11/h3-7,10-11H,1-2H3. The molecule has 0 aliphatic carbocycles. The molecular formula is C9H13BO3. The maximum atomic E-state index is 8.53. The van der Waals surface area contributed by atoms with Crippen molar-refractivity contribution in [3.63, 3.8) is 0 Å². The molecule has 3 nitrogen and oxygen atoms in total. The molecule has 1 aromatic rings. The van der Waals surface area contributed by atoms with Crippen LogP contribution in [0.2, 0.25) is 0 Å². The molecular weight excluding hydrogens is 167 g/mol. The van der Waals surface area contributed by atoms with E-state index in [4.69, 9.17) is 14.4 Å². The van der Waals surface area contributed by atoms with Crippen molar-refractivity contribution in [2.24, 2.45) is 0 Å². The van der Waals surface area contributed by atoms with Gasteiger partial charge in [0.2, 0.25) is 0 Å². The Morgan fingerprint density at radius 3 is 2.62 bits per heavy atom. The highest BCUT2D eigenvalue weighted by molar-refractivity contribution is 6.17. The second-order valence-corrected chi connectivity index (χ2v) is 2.91. The summed E-state index contributed by atoms with van der Waals surface area (Å²) in [6, 6.07) is 7.19. The van der Waals surface area contributed by atoms with Crippen LogP contribution in [-0.2, 0) is 0 Å². The Morgan fingerprint density at radius 2 is 2.00 bits per heavy atom. The molecule has 0 heterocycles. The van der Waals surface area contributed by atoms with E-state index in [-0.39, 0.29) is 13.8 Å². The summed E-state index contributed by atoms with van der Waals surface area (Å²) in [5, 5.41) is 8.53. The highest BCUT2D eigenvalue weighted by Gasteiger charge is 1.99. The fraction of sp³-hybridized carbons (Fsp3) is 0.333. The minimum Gasteiger partial charge on any atom is -0.539 e. The molecule has 0 spiro atoms. The van der Waals surface area contributed by atoms with Crippen LogP contribution in [0.3, 0.4) is 0 Å². The summed E-state index contributed by atoms with van der Waals surface area (Å²) >= 11 is 0. The monoisotopic (exact) mass is 180 g/mol. The molecule has 0 bridgehead atoms. The molecule has 4 heteroatoms. The number of rotatable bonds is 4. The van der Waals surface area contributed by atoms with E-state index in [2.05, 4.69) is 0 Å². The first-order valence-electron chi connectivity index (χ1n) is 4.22. The van der Waals surface area contributed by atoms with Crippen molar-refractivity contribution in [3.05, 3.63) is 24.3 Å². The maximum absolute atomic E-state index is 8.53. The number of ether oxygens (including phenoxy) is 1. The van der Waals surface area contributed by atoms with Gasteiger partial charge in [-0.25, -0.2) is 0 Å². The Hall–Kier alpha value is -1.16. The Morgan fingerprint density at radius 1 is 1.31 bits per heavy atom. The van der Waals surface area contributed by atoms with Crippen LogP contribution in [0.15, 0.2) is 24.3 Å². The topological polar surface area (TPSA) is 38.7 Å². The van der Waals surface area contributed by atoms with Crippen LogP contribution >= 0.6 is 0 Å². The van der Waals surface area contributed by atoms with Crippen LogP contribution in [0.25, 0.3) is 0 Å². The lowest BCUT2D eigenvalue weighted by Gasteiger charge is -2.10. The van der Waals surface area contributed by atoms with Gasteiger partial charge in [-0.2, -0.15) is 0 Å². The van der Waals surface area contributed by atoms with Crippen molar-refractivity contribution in [1.29, 1.82) is 0 Å². The molecule has 0 aliphatic rings. The summed E-state index contributed by atoms with van der Waals surface area (Å²) in [5.41, 5.74) is 0. The first-order valence-corrected chi connectivity index (χ1v) is 4.22. The Bertz CT molecular complexity index is 263. The molecule has 1 rings (SSSR count). The molecule has 13 heavy (non-hydrogen) atoms. The van der Waals surface area contributed by atoms with Crippen molar-refractivity contribution in [2.75, 3.05) is 0 Å². The van der Waals surface area contributed by atoms with Gasteiger partial charge < -0.3 is 14.4 Å². The zero-order chi connectivity index (χ0) is 9.68. The van der Waals surface area contributed by atoms with Gasteiger partial charge in [0.25, 0.3) is 0 Å². The lowest BCUT2D eigenvalue weighted by molar-refractivity contribution is 0.242. The van der Waals surface area contributed by atoms with Gasteiger partial charge in [0.15, 0.2) is 0 Å². The number of benzene rings is 1. The molecule has 0 amide bonds. The minimum absolute atomic E-state index is 0.143. The predicted molar refractivity (Wildman–Crippen MR) is 52.2 cm³/mol. The van der Waals surface area contributed by atoms with E-state index in [1.54, 1.807) is 12.1 Å². The van der Waals surface area contributed by atoms with Crippen LogP contribution < -0.4 is 9.39 Å². The third kappa shape index (κ3) is 3.38. The molecule has 0 fully saturated rings. The highest BCUT2D eigenvalue weighted by atomic mass is 16.5. The first kappa shape index (κ1) is 9.93.